The van der Waals surface area contributed by atoms with Gasteiger partial charge >= 0.3 is 0 Å². The number of amides is 1. The first-order valence-electron chi connectivity index (χ1n) is 6.78. The van der Waals surface area contributed by atoms with E-state index in [0.29, 0.717) is 16.0 Å². The van der Waals surface area contributed by atoms with Crippen LogP contribution >= 0.6 is 15.9 Å². The number of hydrogen-bond acceptors (Lipinski definition) is 1. The predicted octanol–water partition coefficient (Wildman–Crippen LogP) is 4.24. The molecule has 0 spiro atoms. The zero-order valence-corrected chi connectivity index (χ0v) is 12.7. The monoisotopic (exact) mass is 327 g/mol. The molecule has 1 saturated carbocycles. The summed E-state index contributed by atoms with van der Waals surface area (Å²) in [7, 11) is 1.83. The van der Waals surface area contributed by atoms with Gasteiger partial charge in [0.15, 0.2) is 0 Å². The number of rotatable bonds is 3. The summed E-state index contributed by atoms with van der Waals surface area (Å²) in [5.41, 5.74) is 0.534. The Morgan fingerprint density at radius 2 is 2.05 bits per heavy atom. The molecular weight excluding hydrogens is 309 g/mol. The van der Waals surface area contributed by atoms with Gasteiger partial charge in [0.1, 0.15) is 5.82 Å². The van der Waals surface area contributed by atoms with Crippen molar-refractivity contribution in [3.8, 4) is 0 Å². The maximum atomic E-state index is 13.2. The molecule has 0 radical (unpaired) electrons. The summed E-state index contributed by atoms with van der Waals surface area (Å²) in [5, 5.41) is 0. The summed E-state index contributed by atoms with van der Waals surface area (Å²) < 4.78 is 13.5. The van der Waals surface area contributed by atoms with Crippen molar-refractivity contribution < 1.29 is 9.18 Å². The molecule has 1 amide bonds. The van der Waals surface area contributed by atoms with Crippen LogP contribution in [-0.4, -0.2) is 24.4 Å². The van der Waals surface area contributed by atoms with Crippen molar-refractivity contribution in [2.24, 2.45) is 5.92 Å². The number of nitrogens with zero attached hydrogens (tertiary/aromatic N) is 1. The lowest BCUT2D eigenvalue weighted by Gasteiger charge is -2.27. The van der Waals surface area contributed by atoms with Gasteiger partial charge in [-0.25, -0.2) is 4.39 Å². The number of benzene rings is 1. The summed E-state index contributed by atoms with van der Waals surface area (Å²) >= 11 is 3.12. The van der Waals surface area contributed by atoms with Gasteiger partial charge in [-0.15, -0.1) is 0 Å². The fourth-order valence-electron chi connectivity index (χ4n) is 2.69. The van der Waals surface area contributed by atoms with Crippen LogP contribution in [0.1, 0.15) is 42.5 Å². The predicted molar refractivity (Wildman–Crippen MR) is 77.6 cm³/mol. The Kier molecular flexibility index (Phi) is 4.97. The van der Waals surface area contributed by atoms with E-state index in [4.69, 9.17) is 0 Å². The van der Waals surface area contributed by atoms with Crippen LogP contribution in [0.15, 0.2) is 22.7 Å². The van der Waals surface area contributed by atoms with E-state index in [0.717, 1.165) is 6.54 Å². The highest BCUT2D eigenvalue weighted by Crippen LogP contribution is 2.25. The van der Waals surface area contributed by atoms with Crippen molar-refractivity contribution in [3.05, 3.63) is 34.1 Å². The minimum absolute atomic E-state index is 0.0359. The summed E-state index contributed by atoms with van der Waals surface area (Å²) in [6, 6.07) is 4.42. The van der Waals surface area contributed by atoms with Crippen LogP contribution in [0.3, 0.4) is 0 Å². The molecule has 1 aliphatic carbocycles. The average molecular weight is 328 g/mol. The normalized spacial score (nSPS) is 16.4. The molecule has 0 aromatic heterocycles. The second-order valence-corrected chi connectivity index (χ2v) is 6.17. The Morgan fingerprint density at radius 1 is 1.37 bits per heavy atom. The Balaban J connectivity index is 1.99. The highest BCUT2D eigenvalue weighted by Gasteiger charge is 2.19. The van der Waals surface area contributed by atoms with Crippen molar-refractivity contribution in [1.82, 2.24) is 4.90 Å². The van der Waals surface area contributed by atoms with Crippen LogP contribution in [0.2, 0.25) is 0 Å². The second-order valence-electron chi connectivity index (χ2n) is 5.32. The van der Waals surface area contributed by atoms with Gasteiger partial charge in [0.25, 0.3) is 5.91 Å². The van der Waals surface area contributed by atoms with Crippen molar-refractivity contribution >= 4 is 21.8 Å². The molecule has 0 bridgehead atoms. The third-order valence-electron chi connectivity index (χ3n) is 3.77. The van der Waals surface area contributed by atoms with Crippen molar-refractivity contribution in [3.63, 3.8) is 0 Å². The largest absolute Gasteiger partial charge is 0.341 e. The van der Waals surface area contributed by atoms with E-state index < -0.39 is 0 Å². The molecular formula is C15H19BrFNO. The molecule has 0 atom stereocenters. The van der Waals surface area contributed by atoms with Gasteiger partial charge in [-0.3, -0.25) is 4.79 Å². The molecule has 2 nitrogen and oxygen atoms in total. The highest BCUT2D eigenvalue weighted by molar-refractivity contribution is 9.10. The fraction of sp³-hybridized carbons (Fsp3) is 0.533. The lowest BCUT2D eigenvalue weighted by Crippen LogP contribution is -2.32. The second kappa shape index (κ2) is 6.51. The van der Waals surface area contributed by atoms with Gasteiger partial charge < -0.3 is 4.90 Å². The first-order valence-corrected chi connectivity index (χ1v) is 7.57. The minimum atomic E-state index is -0.341. The molecule has 1 aromatic carbocycles. The van der Waals surface area contributed by atoms with Crippen molar-refractivity contribution in [2.45, 2.75) is 32.1 Å². The van der Waals surface area contributed by atoms with E-state index >= 15 is 0 Å². The summed E-state index contributed by atoms with van der Waals surface area (Å²) in [6.45, 7) is 0.799. The molecule has 0 N–H and O–H groups in total. The minimum Gasteiger partial charge on any atom is -0.341 e. The van der Waals surface area contributed by atoms with E-state index in [1.165, 1.54) is 38.2 Å². The lowest BCUT2D eigenvalue weighted by molar-refractivity contribution is 0.0760. The van der Waals surface area contributed by atoms with E-state index in [-0.39, 0.29) is 11.7 Å². The number of carbonyl (C=O) groups excluding carboxylic acids is 1. The molecule has 1 aromatic rings. The van der Waals surface area contributed by atoms with Crippen LogP contribution in [0, 0.1) is 11.7 Å². The van der Waals surface area contributed by atoms with Crippen molar-refractivity contribution in [1.29, 1.82) is 0 Å². The number of carbonyl (C=O) groups is 1. The molecule has 0 saturated heterocycles. The average Bonchev–Trinajstić information content (AvgIpc) is 2.42. The lowest BCUT2D eigenvalue weighted by atomic mass is 9.89. The quantitative estimate of drug-likeness (QED) is 0.813. The Labute approximate surface area is 122 Å². The number of hydrogen-bond donors (Lipinski definition) is 0. The molecule has 0 aliphatic heterocycles. The molecule has 2 rings (SSSR count). The zero-order valence-electron chi connectivity index (χ0n) is 11.2. The third-order valence-corrected chi connectivity index (χ3v) is 4.38. The van der Waals surface area contributed by atoms with Gasteiger partial charge in [0.05, 0.1) is 4.47 Å². The molecule has 4 heteroatoms. The SMILES string of the molecule is CN(CC1CCCCC1)C(=O)c1ccc(F)c(Br)c1. The molecule has 1 fully saturated rings. The summed E-state index contributed by atoms with van der Waals surface area (Å²) in [4.78, 5) is 14.0. The van der Waals surface area contributed by atoms with E-state index in [1.54, 1.807) is 17.0 Å². The van der Waals surface area contributed by atoms with Gasteiger partial charge in [-0.05, 0) is 52.9 Å². The first-order chi connectivity index (χ1) is 9.08. The first kappa shape index (κ1) is 14.5. The van der Waals surface area contributed by atoms with E-state index in [2.05, 4.69) is 15.9 Å². The van der Waals surface area contributed by atoms with Crippen LogP contribution in [0.5, 0.6) is 0 Å². The Hall–Kier alpha value is -0.900. The molecule has 19 heavy (non-hydrogen) atoms. The summed E-state index contributed by atoms with van der Waals surface area (Å²) in [5.74, 6) is 0.240. The fourth-order valence-corrected chi connectivity index (χ4v) is 3.07. The maximum absolute atomic E-state index is 13.2. The van der Waals surface area contributed by atoms with E-state index in [1.807, 2.05) is 7.05 Å². The maximum Gasteiger partial charge on any atom is 0.253 e. The highest BCUT2D eigenvalue weighted by atomic mass is 79.9. The smallest absolute Gasteiger partial charge is 0.253 e. The van der Waals surface area contributed by atoms with Gasteiger partial charge in [-0.1, -0.05) is 19.3 Å². The molecule has 1 aliphatic rings. The Morgan fingerprint density at radius 3 is 2.68 bits per heavy atom. The van der Waals surface area contributed by atoms with Gasteiger partial charge in [0, 0.05) is 19.2 Å². The van der Waals surface area contributed by atoms with Crippen LogP contribution < -0.4 is 0 Å². The van der Waals surface area contributed by atoms with Crippen LogP contribution in [0.25, 0.3) is 0 Å². The third kappa shape index (κ3) is 3.78. The zero-order chi connectivity index (χ0) is 13.8. The Bertz CT molecular complexity index is 457. The van der Waals surface area contributed by atoms with Crippen LogP contribution in [-0.2, 0) is 0 Å². The molecule has 0 unspecified atom stereocenters. The van der Waals surface area contributed by atoms with Gasteiger partial charge in [-0.2, -0.15) is 0 Å². The summed E-state index contributed by atoms with van der Waals surface area (Å²) in [6.07, 6.45) is 6.29. The van der Waals surface area contributed by atoms with E-state index in [9.17, 15) is 9.18 Å². The molecule has 104 valence electrons. The van der Waals surface area contributed by atoms with Gasteiger partial charge in [0.2, 0.25) is 0 Å². The van der Waals surface area contributed by atoms with Crippen molar-refractivity contribution in [2.75, 3.05) is 13.6 Å². The topological polar surface area (TPSA) is 20.3 Å². The van der Waals surface area contributed by atoms with Crippen LogP contribution in [0.4, 0.5) is 4.39 Å². The standard InChI is InChI=1S/C15H19BrFNO/c1-18(10-11-5-3-2-4-6-11)15(19)12-7-8-14(17)13(16)9-12/h7-9,11H,2-6,10H2,1H3. The number of halogens is 2. The molecule has 0 heterocycles.